The summed E-state index contributed by atoms with van der Waals surface area (Å²) in [4.78, 5) is 29.1. The standard InChI is InChI=1S/C23H25ClN2O2S/c1-16-3-2-12-25(13-16)22(28)18-6-8-19(9-7-18)23-26(21(27)15-29-23)14-17-4-10-20(24)11-5-17/h4-11,16,23H,2-3,12-15H2,1H3. The first-order valence-electron chi connectivity index (χ1n) is 10.1. The SMILES string of the molecule is CC1CCCN(C(=O)c2ccc(C3SCC(=O)N3Cc3ccc(Cl)cc3)cc2)C1. The fourth-order valence-electron chi connectivity index (χ4n) is 4.03. The lowest BCUT2D eigenvalue weighted by molar-refractivity contribution is -0.128. The van der Waals surface area contributed by atoms with Crippen molar-refractivity contribution in [1.82, 2.24) is 9.80 Å². The van der Waals surface area contributed by atoms with Gasteiger partial charge in [-0.15, -0.1) is 11.8 Å². The summed E-state index contributed by atoms with van der Waals surface area (Å²) in [6.07, 6.45) is 2.27. The number of carbonyl (C=O) groups is 2. The molecular formula is C23H25ClN2O2S. The number of halogens is 1. The molecule has 2 aromatic rings. The molecule has 0 radical (unpaired) electrons. The van der Waals surface area contributed by atoms with E-state index in [0.717, 1.165) is 36.2 Å². The van der Waals surface area contributed by atoms with Crippen molar-refractivity contribution >= 4 is 35.2 Å². The van der Waals surface area contributed by atoms with Crippen LogP contribution in [-0.4, -0.2) is 40.5 Å². The molecule has 2 heterocycles. The van der Waals surface area contributed by atoms with Gasteiger partial charge in [0.2, 0.25) is 5.91 Å². The third-order valence-corrected chi connectivity index (χ3v) is 7.13. The van der Waals surface area contributed by atoms with Crippen LogP contribution in [0, 0.1) is 5.92 Å². The highest BCUT2D eigenvalue weighted by Crippen LogP contribution is 2.39. The summed E-state index contributed by atoms with van der Waals surface area (Å²) < 4.78 is 0. The Kier molecular flexibility index (Phi) is 6.16. The fourth-order valence-corrected chi connectivity index (χ4v) is 5.35. The molecule has 2 aliphatic heterocycles. The Bertz CT molecular complexity index is 885. The van der Waals surface area contributed by atoms with Crippen LogP contribution in [-0.2, 0) is 11.3 Å². The van der Waals surface area contributed by atoms with E-state index in [4.69, 9.17) is 11.6 Å². The van der Waals surface area contributed by atoms with Crippen molar-refractivity contribution in [2.45, 2.75) is 31.7 Å². The van der Waals surface area contributed by atoms with Gasteiger partial charge in [0.25, 0.3) is 5.91 Å². The second-order valence-electron chi connectivity index (χ2n) is 7.93. The number of likely N-dealkylation sites (tertiary alicyclic amines) is 1. The normalized spacial score (nSPS) is 22.2. The number of rotatable bonds is 4. The van der Waals surface area contributed by atoms with Gasteiger partial charge in [-0.1, -0.05) is 42.8 Å². The van der Waals surface area contributed by atoms with Gasteiger partial charge in [-0.25, -0.2) is 0 Å². The number of piperidine rings is 1. The molecule has 0 spiro atoms. The van der Waals surface area contributed by atoms with Crippen molar-refractivity contribution in [1.29, 1.82) is 0 Å². The van der Waals surface area contributed by atoms with Crippen LogP contribution in [0.2, 0.25) is 5.02 Å². The maximum Gasteiger partial charge on any atom is 0.253 e. The van der Waals surface area contributed by atoms with Crippen LogP contribution in [0.25, 0.3) is 0 Å². The van der Waals surface area contributed by atoms with Gasteiger partial charge in [0.15, 0.2) is 0 Å². The van der Waals surface area contributed by atoms with Crippen molar-refractivity contribution in [2.24, 2.45) is 5.92 Å². The Morgan fingerprint density at radius 2 is 1.86 bits per heavy atom. The van der Waals surface area contributed by atoms with E-state index < -0.39 is 0 Å². The number of hydrogen-bond donors (Lipinski definition) is 0. The molecular weight excluding hydrogens is 404 g/mol. The first kappa shape index (κ1) is 20.3. The van der Waals surface area contributed by atoms with E-state index in [2.05, 4.69) is 6.92 Å². The molecule has 0 N–H and O–H groups in total. The summed E-state index contributed by atoms with van der Waals surface area (Å²) in [7, 11) is 0. The van der Waals surface area contributed by atoms with Crippen LogP contribution >= 0.6 is 23.4 Å². The molecule has 2 atom stereocenters. The second-order valence-corrected chi connectivity index (χ2v) is 9.44. The van der Waals surface area contributed by atoms with Gasteiger partial charge in [-0.2, -0.15) is 0 Å². The van der Waals surface area contributed by atoms with Crippen LogP contribution in [0.4, 0.5) is 0 Å². The summed E-state index contributed by atoms with van der Waals surface area (Å²) in [5, 5.41) is 0.660. The van der Waals surface area contributed by atoms with E-state index in [1.165, 1.54) is 6.42 Å². The summed E-state index contributed by atoms with van der Waals surface area (Å²) in [6, 6.07) is 15.4. The molecule has 2 aliphatic rings. The molecule has 0 bridgehead atoms. The van der Waals surface area contributed by atoms with Crippen molar-refractivity contribution in [2.75, 3.05) is 18.8 Å². The Morgan fingerprint density at radius 3 is 2.55 bits per heavy atom. The van der Waals surface area contributed by atoms with Gasteiger partial charge in [0.05, 0.1) is 5.75 Å². The molecule has 4 rings (SSSR count). The zero-order valence-corrected chi connectivity index (χ0v) is 18.1. The van der Waals surface area contributed by atoms with E-state index in [1.807, 2.05) is 58.3 Å². The van der Waals surface area contributed by atoms with E-state index in [1.54, 1.807) is 11.8 Å². The quantitative estimate of drug-likeness (QED) is 0.689. The molecule has 2 fully saturated rings. The van der Waals surface area contributed by atoms with E-state index in [0.29, 0.717) is 23.2 Å². The van der Waals surface area contributed by atoms with Gasteiger partial charge < -0.3 is 9.80 Å². The molecule has 4 nitrogen and oxygen atoms in total. The predicted molar refractivity (Wildman–Crippen MR) is 118 cm³/mol. The van der Waals surface area contributed by atoms with E-state index >= 15 is 0 Å². The fraction of sp³-hybridized carbons (Fsp3) is 0.391. The predicted octanol–water partition coefficient (Wildman–Crippen LogP) is 4.99. The monoisotopic (exact) mass is 428 g/mol. The average molecular weight is 429 g/mol. The van der Waals surface area contributed by atoms with E-state index in [9.17, 15) is 9.59 Å². The first-order valence-corrected chi connectivity index (χ1v) is 11.5. The summed E-state index contributed by atoms with van der Waals surface area (Å²) in [5.41, 5.74) is 2.83. The van der Waals surface area contributed by atoms with Gasteiger partial charge in [-0.3, -0.25) is 9.59 Å². The third-order valence-electron chi connectivity index (χ3n) is 5.62. The van der Waals surface area contributed by atoms with Crippen molar-refractivity contribution in [3.05, 3.63) is 70.2 Å². The largest absolute Gasteiger partial charge is 0.338 e. The van der Waals surface area contributed by atoms with Gasteiger partial charge in [0, 0.05) is 30.2 Å². The van der Waals surface area contributed by atoms with Crippen LogP contribution in [0.3, 0.4) is 0 Å². The highest BCUT2D eigenvalue weighted by Gasteiger charge is 2.33. The lowest BCUT2D eigenvalue weighted by Crippen LogP contribution is -2.39. The molecule has 0 aromatic heterocycles. The number of hydrogen-bond acceptors (Lipinski definition) is 3. The Hall–Kier alpha value is -1.98. The first-order chi connectivity index (χ1) is 14.0. The minimum absolute atomic E-state index is 0.0302. The van der Waals surface area contributed by atoms with Crippen molar-refractivity contribution in [3.8, 4) is 0 Å². The third kappa shape index (κ3) is 4.62. The molecule has 152 valence electrons. The minimum atomic E-state index is -0.0302. The lowest BCUT2D eigenvalue weighted by atomic mass is 9.99. The van der Waals surface area contributed by atoms with Crippen LogP contribution in [0.15, 0.2) is 48.5 Å². The topological polar surface area (TPSA) is 40.6 Å². The molecule has 2 saturated heterocycles. The number of nitrogens with zero attached hydrogens (tertiary/aromatic N) is 2. The second kappa shape index (κ2) is 8.80. The zero-order valence-electron chi connectivity index (χ0n) is 16.5. The van der Waals surface area contributed by atoms with E-state index in [-0.39, 0.29) is 17.2 Å². The summed E-state index contributed by atoms with van der Waals surface area (Å²) in [5.74, 6) is 1.29. The Balaban J connectivity index is 1.47. The van der Waals surface area contributed by atoms with Crippen LogP contribution < -0.4 is 0 Å². The minimum Gasteiger partial charge on any atom is -0.338 e. The van der Waals surface area contributed by atoms with Crippen LogP contribution in [0.1, 0.15) is 46.6 Å². The molecule has 2 aromatic carbocycles. The maximum atomic E-state index is 12.8. The number of thioether (sulfide) groups is 1. The Labute approximate surface area is 181 Å². The van der Waals surface area contributed by atoms with Crippen molar-refractivity contribution in [3.63, 3.8) is 0 Å². The highest BCUT2D eigenvalue weighted by atomic mass is 35.5. The number of amides is 2. The van der Waals surface area contributed by atoms with Gasteiger partial charge in [0.1, 0.15) is 5.37 Å². The molecule has 6 heteroatoms. The molecule has 29 heavy (non-hydrogen) atoms. The van der Waals surface area contributed by atoms with Crippen molar-refractivity contribution < 1.29 is 9.59 Å². The smallest absolute Gasteiger partial charge is 0.253 e. The average Bonchev–Trinajstić information content (AvgIpc) is 3.09. The highest BCUT2D eigenvalue weighted by molar-refractivity contribution is 8.00. The molecule has 0 aliphatic carbocycles. The van der Waals surface area contributed by atoms with Gasteiger partial charge in [-0.05, 0) is 54.2 Å². The van der Waals surface area contributed by atoms with Gasteiger partial charge >= 0.3 is 0 Å². The Morgan fingerprint density at radius 1 is 1.14 bits per heavy atom. The summed E-state index contributed by atoms with van der Waals surface area (Å²) in [6.45, 7) is 4.43. The number of benzene rings is 2. The molecule has 2 unspecified atom stereocenters. The maximum absolute atomic E-state index is 12.8. The molecule has 2 amide bonds. The molecule has 0 saturated carbocycles. The number of carbonyl (C=O) groups excluding carboxylic acids is 2. The lowest BCUT2D eigenvalue weighted by Gasteiger charge is -2.31. The zero-order chi connectivity index (χ0) is 20.4. The van der Waals surface area contributed by atoms with Crippen LogP contribution in [0.5, 0.6) is 0 Å². The summed E-state index contributed by atoms with van der Waals surface area (Å²) >= 11 is 7.60.